The molecule has 5 nitrogen and oxygen atoms in total. The van der Waals surface area contributed by atoms with Crippen LogP contribution in [0.5, 0.6) is 0 Å². The summed E-state index contributed by atoms with van der Waals surface area (Å²) in [5.74, 6) is 1.86. The SMILES string of the molecule is COCCCN(CCOC)c1cc(Cl)nc(C(C)C)n1. The zero-order valence-corrected chi connectivity index (χ0v) is 13.5. The van der Waals surface area contributed by atoms with Gasteiger partial charge in [-0.15, -0.1) is 0 Å². The molecule has 0 amide bonds. The van der Waals surface area contributed by atoms with Crippen LogP contribution in [-0.4, -0.2) is 50.5 Å². The normalized spacial score (nSPS) is 11.1. The molecule has 1 heterocycles. The molecule has 0 spiro atoms. The highest BCUT2D eigenvalue weighted by Gasteiger charge is 2.12. The van der Waals surface area contributed by atoms with Gasteiger partial charge >= 0.3 is 0 Å². The van der Waals surface area contributed by atoms with Crippen molar-refractivity contribution in [3.8, 4) is 0 Å². The molecule has 20 heavy (non-hydrogen) atoms. The fourth-order valence-electron chi connectivity index (χ4n) is 1.79. The van der Waals surface area contributed by atoms with Crippen molar-refractivity contribution in [2.75, 3.05) is 45.4 Å². The number of methoxy groups -OCH3 is 2. The van der Waals surface area contributed by atoms with Gasteiger partial charge in [0.25, 0.3) is 0 Å². The Bertz CT molecular complexity index is 402. The Hall–Kier alpha value is -0.910. The first-order valence-corrected chi connectivity index (χ1v) is 7.23. The highest BCUT2D eigenvalue weighted by atomic mass is 35.5. The van der Waals surface area contributed by atoms with Gasteiger partial charge in [-0.1, -0.05) is 25.4 Å². The molecule has 0 aliphatic rings. The fraction of sp³-hybridized carbons (Fsp3) is 0.714. The Labute approximate surface area is 126 Å². The molecule has 1 aromatic rings. The van der Waals surface area contributed by atoms with E-state index in [-0.39, 0.29) is 5.92 Å². The van der Waals surface area contributed by atoms with Gasteiger partial charge in [0.05, 0.1) is 6.61 Å². The molecule has 114 valence electrons. The third-order valence-electron chi connectivity index (χ3n) is 2.88. The van der Waals surface area contributed by atoms with Crippen LogP contribution >= 0.6 is 11.6 Å². The number of nitrogens with zero attached hydrogens (tertiary/aromatic N) is 3. The van der Waals surface area contributed by atoms with Crippen molar-refractivity contribution < 1.29 is 9.47 Å². The van der Waals surface area contributed by atoms with Gasteiger partial charge in [0, 0.05) is 45.9 Å². The van der Waals surface area contributed by atoms with Crippen molar-refractivity contribution >= 4 is 17.4 Å². The van der Waals surface area contributed by atoms with E-state index in [0.29, 0.717) is 11.8 Å². The monoisotopic (exact) mass is 301 g/mol. The van der Waals surface area contributed by atoms with Gasteiger partial charge in [-0.05, 0) is 6.42 Å². The summed E-state index contributed by atoms with van der Waals surface area (Å²) in [5, 5.41) is 0.479. The lowest BCUT2D eigenvalue weighted by atomic mass is 10.2. The van der Waals surface area contributed by atoms with Crippen molar-refractivity contribution in [3.63, 3.8) is 0 Å². The predicted octanol–water partition coefficient (Wildman–Crippen LogP) is 2.74. The van der Waals surface area contributed by atoms with E-state index < -0.39 is 0 Å². The first kappa shape index (κ1) is 17.1. The molecule has 0 bridgehead atoms. The maximum Gasteiger partial charge on any atom is 0.135 e. The summed E-state index contributed by atoms with van der Waals surface area (Å²) in [7, 11) is 3.40. The van der Waals surface area contributed by atoms with Gasteiger partial charge in [0.2, 0.25) is 0 Å². The van der Waals surface area contributed by atoms with Gasteiger partial charge in [0.1, 0.15) is 16.8 Å². The molecular weight excluding hydrogens is 278 g/mol. The summed E-state index contributed by atoms with van der Waals surface area (Å²) < 4.78 is 10.3. The van der Waals surface area contributed by atoms with E-state index >= 15 is 0 Å². The second-order valence-corrected chi connectivity index (χ2v) is 5.28. The van der Waals surface area contributed by atoms with E-state index in [4.69, 9.17) is 21.1 Å². The molecule has 6 heteroatoms. The Kier molecular flexibility index (Phi) is 7.80. The molecule has 0 radical (unpaired) electrons. The molecule has 0 aliphatic heterocycles. The molecule has 0 atom stereocenters. The van der Waals surface area contributed by atoms with Crippen LogP contribution in [0, 0.1) is 0 Å². The molecule has 0 N–H and O–H groups in total. The Balaban J connectivity index is 2.87. The number of aromatic nitrogens is 2. The number of hydrogen-bond donors (Lipinski definition) is 0. The number of halogens is 1. The first-order chi connectivity index (χ1) is 9.58. The van der Waals surface area contributed by atoms with Gasteiger partial charge in [-0.25, -0.2) is 9.97 Å². The molecule has 0 aliphatic carbocycles. The second kappa shape index (κ2) is 9.10. The van der Waals surface area contributed by atoms with E-state index in [9.17, 15) is 0 Å². The van der Waals surface area contributed by atoms with E-state index in [1.165, 1.54) is 0 Å². The highest BCUT2D eigenvalue weighted by molar-refractivity contribution is 6.29. The lowest BCUT2D eigenvalue weighted by Crippen LogP contribution is -2.30. The van der Waals surface area contributed by atoms with Crippen LogP contribution in [0.2, 0.25) is 5.15 Å². The van der Waals surface area contributed by atoms with Crippen molar-refractivity contribution in [1.29, 1.82) is 0 Å². The summed E-state index contributed by atoms with van der Waals surface area (Å²) in [4.78, 5) is 11.0. The number of ether oxygens (including phenoxy) is 2. The number of anilines is 1. The van der Waals surface area contributed by atoms with Gasteiger partial charge in [-0.2, -0.15) is 0 Å². The smallest absolute Gasteiger partial charge is 0.135 e. The van der Waals surface area contributed by atoms with E-state index in [1.54, 1.807) is 20.3 Å². The minimum Gasteiger partial charge on any atom is -0.385 e. The molecule has 0 unspecified atom stereocenters. The summed E-state index contributed by atoms with van der Waals surface area (Å²) in [6.07, 6.45) is 0.929. The van der Waals surface area contributed by atoms with Crippen LogP contribution in [0.3, 0.4) is 0 Å². The Morgan fingerprint density at radius 3 is 2.45 bits per heavy atom. The minimum absolute atomic E-state index is 0.246. The topological polar surface area (TPSA) is 47.5 Å². The average Bonchev–Trinajstić information content (AvgIpc) is 2.42. The lowest BCUT2D eigenvalue weighted by molar-refractivity contribution is 0.191. The minimum atomic E-state index is 0.246. The highest BCUT2D eigenvalue weighted by Crippen LogP contribution is 2.20. The average molecular weight is 302 g/mol. The van der Waals surface area contributed by atoms with Crippen molar-refractivity contribution in [2.45, 2.75) is 26.2 Å². The number of rotatable bonds is 9. The number of hydrogen-bond acceptors (Lipinski definition) is 5. The van der Waals surface area contributed by atoms with Crippen LogP contribution in [-0.2, 0) is 9.47 Å². The molecule has 1 rings (SSSR count). The largest absolute Gasteiger partial charge is 0.385 e. The second-order valence-electron chi connectivity index (χ2n) is 4.89. The maximum atomic E-state index is 6.10. The van der Waals surface area contributed by atoms with E-state index in [1.807, 2.05) is 0 Å². The Morgan fingerprint density at radius 2 is 1.85 bits per heavy atom. The molecule has 0 saturated heterocycles. The van der Waals surface area contributed by atoms with Crippen LogP contribution in [0.4, 0.5) is 5.82 Å². The third kappa shape index (κ3) is 5.61. The molecule has 1 aromatic heterocycles. The predicted molar refractivity (Wildman–Crippen MR) is 81.7 cm³/mol. The van der Waals surface area contributed by atoms with Crippen LogP contribution in [0.25, 0.3) is 0 Å². The molecule has 0 fully saturated rings. The molecule has 0 saturated carbocycles. The lowest BCUT2D eigenvalue weighted by Gasteiger charge is -2.24. The van der Waals surface area contributed by atoms with Crippen LogP contribution in [0.15, 0.2) is 6.07 Å². The maximum absolute atomic E-state index is 6.10. The zero-order chi connectivity index (χ0) is 15.0. The van der Waals surface area contributed by atoms with Gasteiger partial charge < -0.3 is 14.4 Å². The molecule has 0 aromatic carbocycles. The van der Waals surface area contributed by atoms with Crippen molar-refractivity contribution in [3.05, 3.63) is 17.0 Å². The van der Waals surface area contributed by atoms with Crippen LogP contribution < -0.4 is 4.90 Å². The van der Waals surface area contributed by atoms with E-state index in [0.717, 1.165) is 37.8 Å². The van der Waals surface area contributed by atoms with Gasteiger partial charge in [0.15, 0.2) is 0 Å². The van der Waals surface area contributed by atoms with Crippen molar-refractivity contribution in [1.82, 2.24) is 9.97 Å². The third-order valence-corrected chi connectivity index (χ3v) is 3.07. The first-order valence-electron chi connectivity index (χ1n) is 6.85. The summed E-state index contributed by atoms with van der Waals surface area (Å²) in [6.45, 7) is 7.10. The summed E-state index contributed by atoms with van der Waals surface area (Å²) in [5.41, 5.74) is 0. The summed E-state index contributed by atoms with van der Waals surface area (Å²) >= 11 is 6.10. The standard InChI is InChI=1S/C14H24ClN3O2/c1-11(2)14-16-12(15)10-13(17-14)18(7-9-20-4)6-5-8-19-3/h10-11H,5-9H2,1-4H3. The van der Waals surface area contributed by atoms with Gasteiger partial charge in [-0.3, -0.25) is 0 Å². The quantitative estimate of drug-likeness (QED) is 0.518. The summed E-state index contributed by atoms with van der Waals surface area (Å²) in [6, 6.07) is 1.80. The zero-order valence-electron chi connectivity index (χ0n) is 12.7. The van der Waals surface area contributed by atoms with Crippen molar-refractivity contribution in [2.24, 2.45) is 0 Å². The van der Waals surface area contributed by atoms with E-state index in [2.05, 4.69) is 28.7 Å². The fourth-order valence-corrected chi connectivity index (χ4v) is 1.97. The van der Waals surface area contributed by atoms with Crippen LogP contribution in [0.1, 0.15) is 32.0 Å². The molecular formula is C14H24ClN3O2. The Morgan fingerprint density at radius 1 is 1.15 bits per heavy atom.